The summed E-state index contributed by atoms with van der Waals surface area (Å²) < 4.78 is 1.62. The van der Waals surface area contributed by atoms with Crippen molar-refractivity contribution in [2.24, 2.45) is 0 Å². The molecular formula is C13H10N6S. The lowest BCUT2D eigenvalue weighted by atomic mass is 10.3. The lowest BCUT2D eigenvalue weighted by Gasteiger charge is -2.12. The van der Waals surface area contributed by atoms with Gasteiger partial charge in [0.25, 0.3) is 0 Å². The monoisotopic (exact) mass is 282 g/mol. The Morgan fingerprint density at radius 2 is 2.05 bits per heavy atom. The van der Waals surface area contributed by atoms with Crippen molar-refractivity contribution in [3.05, 3.63) is 42.4 Å². The summed E-state index contributed by atoms with van der Waals surface area (Å²) in [7, 11) is 0. The van der Waals surface area contributed by atoms with E-state index < -0.39 is 0 Å². The molecule has 6 nitrogen and oxygen atoms in total. The first-order valence-corrected chi connectivity index (χ1v) is 7.05. The van der Waals surface area contributed by atoms with Crippen LogP contribution in [0.25, 0.3) is 5.65 Å². The third-order valence-corrected chi connectivity index (χ3v) is 3.43. The average Bonchev–Trinajstić information content (AvgIpc) is 2.96. The van der Waals surface area contributed by atoms with Crippen LogP contribution in [0.2, 0.25) is 0 Å². The fourth-order valence-electron chi connectivity index (χ4n) is 1.86. The smallest absolute Gasteiger partial charge is 0.158 e. The van der Waals surface area contributed by atoms with Gasteiger partial charge >= 0.3 is 0 Å². The third kappa shape index (κ3) is 2.06. The normalized spacial score (nSPS) is 10.4. The Hall–Kier alpha value is -2.59. The SMILES string of the molecule is CSc1nc2ccnn2c(Nc2ccncc2)c1C#N. The first kappa shape index (κ1) is 12.4. The lowest BCUT2D eigenvalue weighted by Crippen LogP contribution is -2.06. The standard InChI is InChI=1S/C13H10N6S/c1-20-13-10(8-14)12(17-9-2-5-15-6-3-9)19-11(18-13)4-7-16-19/h2-7H,1H3,(H,15,17). The van der Waals surface area contributed by atoms with E-state index in [-0.39, 0.29) is 0 Å². The van der Waals surface area contributed by atoms with Gasteiger partial charge in [0.1, 0.15) is 16.7 Å². The summed E-state index contributed by atoms with van der Waals surface area (Å²) in [4.78, 5) is 8.39. The predicted octanol–water partition coefficient (Wildman–Crippen LogP) is 2.46. The zero-order chi connectivity index (χ0) is 13.9. The maximum absolute atomic E-state index is 9.41. The number of thioether (sulfide) groups is 1. The minimum atomic E-state index is 0.477. The van der Waals surface area contributed by atoms with E-state index in [1.54, 1.807) is 29.2 Å². The van der Waals surface area contributed by atoms with Crippen LogP contribution in [-0.4, -0.2) is 25.8 Å². The van der Waals surface area contributed by atoms with Gasteiger partial charge < -0.3 is 5.32 Å². The van der Waals surface area contributed by atoms with Gasteiger partial charge in [0.05, 0.1) is 6.20 Å². The molecule has 3 heterocycles. The topological polar surface area (TPSA) is 78.9 Å². The number of rotatable bonds is 3. The first-order valence-electron chi connectivity index (χ1n) is 5.82. The second kappa shape index (κ2) is 5.19. The van der Waals surface area contributed by atoms with Gasteiger partial charge in [-0.15, -0.1) is 11.8 Å². The van der Waals surface area contributed by atoms with E-state index >= 15 is 0 Å². The van der Waals surface area contributed by atoms with Gasteiger partial charge in [0, 0.05) is 24.1 Å². The van der Waals surface area contributed by atoms with Crippen molar-refractivity contribution in [3.63, 3.8) is 0 Å². The second-order valence-corrected chi connectivity index (χ2v) is 4.71. The van der Waals surface area contributed by atoms with Crippen LogP contribution in [-0.2, 0) is 0 Å². The number of nitriles is 1. The van der Waals surface area contributed by atoms with Gasteiger partial charge in [0.2, 0.25) is 0 Å². The summed E-state index contributed by atoms with van der Waals surface area (Å²) in [6.07, 6.45) is 6.92. The summed E-state index contributed by atoms with van der Waals surface area (Å²) >= 11 is 1.44. The van der Waals surface area contributed by atoms with Gasteiger partial charge in [-0.25, -0.2) is 4.98 Å². The van der Waals surface area contributed by atoms with Crippen molar-refractivity contribution < 1.29 is 0 Å². The van der Waals surface area contributed by atoms with E-state index in [0.29, 0.717) is 22.1 Å². The molecule has 0 radical (unpaired) electrons. The van der Waals surface area contributed by atoms with Crippen LogP contribution < -0.4 is 5.32 Å². The molecule has 3 rings (SSSR count). The number of hydrogen-bond acceptors (Lipinski definition) is 6. The molecule has 20 heavy (non-hydrogen) atoms. The molecule has 0 saturated heterocycles. The maximum atomic E-state index is 9.41. The quantitative estimate of drug-likeness (QED) is 0.587. The molecular weight excluding hydrogens is 272 g/mol. The first-order chi connectivity index (χ1) is 9.83. The Labute approximate surface area is 119 Å². The Balaban J connectivity index is 2.21. The Kier molecular flexibility index (Phi) is 3.23. The van der Waals surface area contributed by atoms with Crippen molar-refractivity contribution >= 4 is 28.9 Å². The summed E-state index contributed by atoms with van der Waals surface area (Å²) in [5.41, 5.74) is 2.02. The van der Waals surface area contributed by atoms with Crippen molar-refractivity contribution in [1.29, 1.82) is 5.26 Å². The third-order valence-electron chi connectivity index (χ3n) is 2.75. The van der Waals surface area contributed by atoms with Crippen LogP contribution in [0.1, 0.15) is 5.56 Å². The molecule has 0 bridgehead atoms. The Morgan fingerprint density at radius 1 is 1.25 bits per heavy atom. The molecule has 1 N–H and O–H groups in total. The van der Waals surface area contributed by atoms with E-state index in [0.717, 1.165) is 5.69 Å². The minimum absolute atomic E-state index is 0.477. The highest BCUT2D eigenvalue weighted by Gasteiger charge is 2.15. The molecule has 3 aromatic rings. The second-order valence-electron chi connectivity index (χ2n) is 3.92. The summed E-state index contributed by atoms with van der Waals surface area (Å²) in [6.45, 7) is 0. The van der Waals surface area contributed by atoms with Crippen LogP contribution in [0.15, 0.2) is 41.8 Å². The van der Waals surface area contributed by atoms with E-state index in [9.17, 15) is 5.26 Å². The molecule has 0 unspecified atom stereocenters. The number of nitrogens with one attached hydrogen (secondary N) is 1. The molecule has 0 aliphatic heterocycles. The van der Waals surface area contributed by atoms with E-state index in [4.69, 9.17) is 0 Å². The Morgan fingerprint density at radius 3 is 2.75 bits per heavy atom. The van der Waals surface area contributed by atoms with E-state index in [1.165, 1.54) is 11.8 Å². The van der Waals surface area contributed by atoms with Gasteiger partial charge in [-0.3, -0.25) is 4.98 Å². The average molecular weight is 282 g/mol. The number of pyridine rings is 1. The fourth-order valence-corrected chi connectivity index (χ4v) is 2.39. The minimum Gasteiger partial charge on any atom is -0.339 e. The van der Waals surface area contributed by atoms with Crippen LogP contribution in [0.4, 0.5) is 11.5 Å². The zero-order valence-electron chi connectivity index (χ0n) is 10.6. The van der Waals surface area contributed by atoms with E-state index in [1.807, 2.05) is 18.4 Å². The summed E-state index contributed by atoms with van der Waals surface area (Å²) in [5.74, 6) is 0.609. The van der Waals surface area contributed by atoms with Gasteiger partial charge in [0.15, 0.2) is 11.5 Å². The zero-order valence-corrected chi connectivity index (χ0v) is 11.4. The molecule has 0 aromatic carbocycles. The molecule has 0 spiro atoms. The summed E-state index contributed by atoms with van der Waals surface area (Å²) in [5, 5.41) is 17.5. The van der Waals surface area contributed by atoms with Crippen molar-refractivity contribution in [1.82, 2.24) is 19.6 Å². The number of nitrogens with zero attached hydrogens (tertiary/aromatic N) is 5. The molecule has 0 fully saturated rings. The number of fused-ring (bicyclic) bond motifs is 1. The van der Waals surface area contributed by atoms with Crippen molar-refractivity contribution in [3.8, 4) is 6.07 Å². The molecule has 0 atom stereocenters. The van der Waals surface area contributed by atoms with Crippen LogP contribution in [0, 0.1) is 11.3 Å². The molecule has 0 saturated carbocycles. The molecule has 3 aromatic heterocycles. The van der Waals surface area contributed by atoms with Crippen LogP contribution in [0.3, 0.4) is 0 Å². The molecule has 7 heteroatoms. The number of aromatic nitrogens is 4. The van der Waals surface area contributed by atoms with Crippen LogP contribution in [0.5, 0.6) is 0 Å². The lowest BCUT2D eigenvalue weighted by molar-refractivity contribution is 0.916. The number of hydrogen-bond donors (Lipinski definition) is 1. The largest absolute Gasteiger partial charge is 0.339 e. The van der Waals surface area contributed by atoms with Gasteiger partial charge in [-0.1, -0.05) is 0 Å². The highest BCUT2D eigenvalue weighted by atomic mass is 32.2. The predicted molar refractivity (Wildman–Crippen MR) is 77.0 cm³/mol. The van der Waals surface area contributed by atoms with Gasteiger partial charge in [-0.05, 0) is 18.4 Å². The molecule has 0 aliphatic carbocycles. The molecule has 98 valence electrons. The highest BCUT2D eigenvalue weighted by Crippen LogP contribution is 2.27. The number of anilines is 2. The van der Waals surface area contributed by atoms with Gasteiger partial charge in [-0.2, -0.15) is 14.9 Å². The van der Waals surface area contributed by atoms with Crippen molar-refractivity contribution in [2.75, 3.05) is 11.6 Å². The summed E-state index contributed by atoms with van der Waals surface area (Å²) in [6, 6.07) is 7.66. The molecule has 0 aliphatic rings. The maximum Gasteiger partial charge on any atom is 0.158 e. The van der Waals surface area contributed by atoms with Crippen molar-refractivity contribution in [2.45, 2.75) is 5.03 Å². The fraction of sp³-hybridized carbons (Fsp3) is 0.0769. The van der Waals surface area contributed by atoms with Crippen LogP contribution >= 0.6 is 11.8 Å². The highest BCUT2D eigenvalue weighted by molar-refractivity contribution is 7.98. The van der Waals surface area contributed by atoms with E-state index in [2.05, 4.69) is 26.5 Å². The molecule has 0 amide bonds. The Bertz CT molecular complexity index is 790.